The molecular formula is C16H35N3. The van der Waals surface area contributed by atoms with Crippen LogP contribution in [0.3, 0.4) is 0 Å². The summed E-state index contributed by atoms with van der Waals surface area (Å²) in [4.78, 5) is 5.05. The van der Waals surface area contributed by atoms with Gasteiger partial charge in [0, 0.05) is 6.04 Å². The van der Waals surface area contributed by atoms with Gasteiger partial charge in [0.15, 0.2) is 0 Å². The standard InChI is InChI=1S/C16H35N3/c1-4-11-17-12-7-5-6-8-13-19-14-9-16(10-15-19)18(2)3/h16-17H,4-15H2,1-3H3. The van der Waals surface area contributed by atoms with Gasteiger partial charge in [-0.2, -0.15) is 0 Å². The van der Waals surface area contributed by atoms with Gasteiger partial charge in [-0.25, -0.2) is 0 Å². The average molecular weight is 269 g/mol. The first-order valence-electron chi connectivity index (χ1n) is 8.33. The predicted molar refractivity (Wildman–Crippen MR) is 84.8 cm³/mol. The summed E-state index contributed by atoms with van der Waals surface area (Å²) in [6, 6.07) is 0.820. The Morgan fingerprint density at radius 3 is 2.32 bits per heavy atom. The molecule has 1 aliphatic heterocycles. The molecule has 0 unspecified atom stereocenters. The first-order chi connectivity index (χ1) is 9.24. The lowest BCUT2D eigenvalue weighted by Gasteiger charge is -2.35. The molecule has 0 saturated carbocycles. The molecule has 1 heterocycles. The Hall–Kier alpha value is -0.120. The maximum absolute atomic E-state index is 3.48. The van der Waals surface area contributed by atoms with E-state index in [0.29, 0.717) is 0 Å². The Kier molecular flexibility index (Phi) is 9.48. The van der Waals surface area contributed by atoms with Gasteiger partial charge >= 0.3 is 0 Å². The normalized spacial score (nSPS) is 18.3. The maximum Gasteiger partial charge on any atom is 0.0113 e. The molecule has 1 aliphatic rings. The minimum Gasteiger partial charge on any atom is -0.317 e. The largest absolute Gasteiger partial charge is 0.317 e. The van der Waals surface area contributed by atoms with E-state index in [2.05, 4.69) is 36.1 Å². The maximum atomic E-state index is 3.48. The van der Waals surface area contributed by atoms with E-state index >= 15 is 0 Å². The molecule has 0 bridgehead atoms. The van der Waals surface area contributed by atoms with Crippen LogP contribution in [-0.4, -0.2) is 62.7 Å². The van der Waals surface area contributed by atoms with Crippen LogP contribution in [-0.2, 0) is 0 Å². The van der Waals surface area contributed by atoms with Crippen molar-refractivity contribution in [2.24, 2.45) is 0 Å². The zero-order valence-corrected chi connectivity index (χ0v) is 13.5. The van der Waals surface area contributed by atoms with Crippen molar-refractivity contribution in [2.75, 3.05) is 46.8 Å². The third-order valence-electron chi connectivity index (χ3n) is 4.29. The number of likely N-dealkylation sites (tertiary alicyclic amines) is 1. The zero-order valence-electron chi connectivity index (χ0n) is 13.5. The predicted octanol–water partition coefficient (Wildman–Crippen LogP) is 2.57. The van der Waals surface area contributed by atoms with E-state index in [1.54, 1.807) is 0 Å². The van der Waals surface area contributed by atoms with E-state index in [-0.39, 0.29) is 0 Å². The fourth-order valence-electron chi connectivity index (χ4n) is 2.90. The van der Waals surface area contributed by atoms with E-state index in [4.69, 9.17) is 0 Å². The molecule has 3 nitrogen and oxygen atoms in total. The van der Waals surface area contributed by atoms with Crippen molar-refractivity contribution in [3.05, 3.63) is 0 Å². The number of hydrogen-bond donors (Lipinski definition) is 1. The molecule has 0 aromatic heterocycles. The lowest BCUT2D eigenvalue weighted by molar-refractivity contribution is 0.143. The fourth-order valence-corrected chi connectivity index (χ4v) is 2.90. The molecule has 0 aromatic rings. The van der Waals surface area contributed by atoms with E-state index < -0.39 is 0 Å². The third-order valence-corrected chi connectivity index (χ3v) is 4.29. The lowest BCUT2D eigenvalue weighted by atomic mass is 10.0. The van der Waals surface area contributed by atoms with E-state index in [0.717, 1.165) is 6.04 Å². The summed E-state index contributed by atoms with van der Waals surface area (Å²) in [6.45, 7) is 8.56. The Morgan fingerprint density at radius 2 is 1.68 bits per heavy atom. The van der Waals surface area contributed by atoms with E-state index in [1.807, 2.05) is 0 Å². The molecule has 3 heteroatoms. The van der Waals surface area contributed by atoms with Gasteiger partial charge in [-0.3, -0.25) is 0 Å². The summed E-state index contributed by atoms with van der Waals surface area (Å²) in [5.41, 5.74) is 0. The lowest BCUT2D eigenvalue weighted by Crippen LogP contribution is -2.42. The van der Waals surface area contributed by atoms with Crippen molar-refractivity contribution in [3.8, 4) is 0 Å². The van der Waals surface area contributed by atoms with Crippen LogP contribution in [0.15, 0.2) is 0 Å². The first-order valence-corrected chi connectivity index (χ1v) is 8.33. The van der Waals surface area contributed by atoms with Gasteiger partial charge in [-0.05, 0) is 78.9 Å². The average Bonchev–Trinajstić information content (AvgIpc) is 2.42. The van der Waals surface area contributed by atoms with Crippen LogP contribution in [0.4, 0.5) is 0 Å². The summed E-state index contributed by atoms with van der Waals surface area (Å²) >= 11 is 0. The molecule has 0 aromatic carbocycles. The van der Waals surface area contributed by atoms with Crippen LogP contribution in [0, 0.1) is 0 Å². The summed E-state index contributed by atoms with van der Waals surface area (Å²) in [5.74, 6) is 0. The highest BCUT2D eigenvalue weighted by Crippen LogP contribution is 2.14. The van der Waals surface area contributed by atoms with Crippen LogP contribution >= 0.6 is 0 Å². The number of hydrogen-bond acceptors (Lipinski definition) is 3. The SMILES string of the molecule is CCCNCCCCCCN1CCC(N(C)C)CC1. The molecule has 0 radical (unpaired) electrons. The van der Waals surface area contributed by atoms with Gasteiger partial charge in [0.05, 0.1) is 0 Å². The highest BCUT2D eigenvalue weighted by atomic mass is 15.2. The highest BCUT2D eigenvalue weighted by Gasteiger charge is 2.19. The smallest absolute Gasteiger partial charge is 0.0113 e. The molecule has 0 spiro atoms. The number of unbranched alkanes of at least 4 members (excludes halogenated alkanes) is 3. The summed E-state index contributed by atoms with van der Waals surface area (Å²) in [6.07, 6.45) is 9.50. The summed E-state index contributed by atoms with van der Waals surface area (Å²) in [5, 5.41) is 3.48. The van der Waals surface area contributed by atoms with Crippen molar-refractivity contribution < 1.29 is 0 Å². The molecule has 0 amide bonds. The number of nitrogens with zero attached hydrogens (tertiary/aromatic N) is 2. The van der Waals surface area contributed by atoms with Crippen LogP contribution in [0.5, 0.6) is 0 Å². The van der Waals surface area contributed by atoms with Gasteiger partial charge in [0.1, 0.15) is 0 Å². The molecule has 1 N–H and O–H groups in total. The Balaban J connectivity index is 1.88. The second kappa shape index (κ2) is 10.6. The monoisotopic (exact) mass is 269 g/mol. The third kappa shape index (κ3) is 7.91. The van der Waals surface area contributed by atoms with Crippen molar-refractivity contribution in [1.82, 2.24) is 15.1 Å². The van der Waals surface area contributed by atoms with Crippen LogP contribution < -0.4 is 5.32 Å². The molecular weight excluding hydrogens is 234 g/mol. The molecule has 1 rings (SSSR count). The van der Waals surface area contributed by atoms with Crippen molar-refractivity contribution in [3.63, 3.8) is 0 Å². The molecule has 0 aliphatic carbocycles. The number of nitrogens with one attached hydrogen (secondary N) is 1. The van der Waals surface area contributed by atoms with E-state index in [9.17, 15) is 0 Å². The van der Waals surface area contributed by atoms with Crippen molar-refractivity contribution in [1.29, 1.82) is 0 Å². The van der Waals surface area contributed by atoms with Gasteiger partial charge in [0.2, 0.25) is 0 Å². The molecule has 19 heavy (non-hydrogen) atoms. The van der Waals surface area contributed by atoms with Crippen LogP contribution in [0.1, 0.15) is 51.9 Å². The van der Waals surface area contributed by atoms with Crippen molar-refractivity contribution >= 4 is 0 Å². The molecule has 1 saturated heterocycles. The van der Waals surface area contributed by atoms with Crippen LogP contribution in [0.2, 0.25) is 0 Å². The second-order valence-electron chi connectivity index (χ2n) is 6.20. The summed E-state index contributed by atoms with van der Waals surface area (Å²) < 4.78 is 0. The number of piperidine rings is 1. The van der Waals surface area contributed by atoms with Crippen molar-refractivity contribution in [2.45, 2.75) is 57.9 Å². The fraction of sp³-hybridized carbons (Fsp3) is 1.00. The second-order valence-corrected chi connectivity index (χ2v) is 6.20. The number of rotatable bonds is 10. The van der Waals surface area contributed by atoms with Gasteiger partial charge in [-0.15, -0.1) is 0 Å². The van der Waals surface area contributed by atoms with Gasteiger partial charge in [-0.1, -0.05) is 19.8 Å². The zero-order chi connectivity index (χ0) is 13.9. The topological polar surface area (TPSA) is 18.5 Å². The summed E-state index contributed by atoms with van der Waals surface area (Å²) in [7, 11) is 4.43. The first kappa shape index (κ1) is 16.9. The molecule has 114 valence electrons. The minimum absolute atomic E-state index is 0.820. The Bertz CT molecular complexity index is 198. The van der Waals surface area contributed by atoms with Gasteiger partial charge < -0.3 is 15.1 Å². The Morgan fingerprint density at radius 1 is 1.00 bits per heavy atom. The molecule has 0 atom stereocenters. The molecule has 1 fully saturated rings. The quantitative estimate of drug-likeness (QED) is 0.615. The van der Waals surface area contributed by atoms with Crippen LogP contribution in [0.25, 0.3) is 0 Å². The minimum atomic E-state index is 0.820. The highest BCUT2D eigenvalue weighted by molar-refractivity contribution is 4.76. The van der Waals surface area contributed by atoms with E-state index in [1.165, 1.54) is 77.7 Å². The van der Waals surface area contributed by atoms with Gasteiger partial charge in [0.25, 0.3) is 0 Å². The Labute approximate surface area is 120 Å².